The zero-order chi connectivity index (χ0) is 25.6. The van der Waals surface area contributed by atoms with Gasteiger partial charge in [0.1, 0.15) is 16.8 Å². The normalized spacial score (nSPS) is 15.1. The average molecular weight is 499 g/mol. The minimum atomic E-state index is -0.484. The Kier molecular flexibility index (Phi) is 5.66. The van der Waals surface area contributed by atoms with Gasteiger partial charge in [0.25, 0.3) is 0 Å². The largest absolute Gasteiger partial charge is 0.444 e. The number of fused-ring (bicyclic) bond motifs is 2. The highest BCUT2D eigenvalue weighted by molar-refractivity contribution is 5.80. The van der Waals surface area contributed by atoms with Gasteiger partial charge < -0.3 is 14.0 Å². The number of rotatable bonds is 4. The first kappa shape index (κ1) is 23.2. The van der Waals surface area contributed by atoms with E-state index in [2.05, 4.69) is 36.8 Å². The Morgan fingerprint density at radius 3 is 2.68 bits per heavy atom. The van der Waals surface area contributed by atoms with Crippen molar-refractivity contribution in [2.45, 2.75) is 51.8 Å². The molecule has 10 heteroatoms. The van der Waals surface area contributed by atoms with Crippen LogP contribution in [0, 0.1) is 0 Å². The van der Waals surface area contributed by atoms with Crippen LogP contribution < -0.4 is 0 Å². The molecule has 1 aliphatic rings. The zero-order valence-corrected chi connectivity index (χ0v) is 21.3. The van der Waals surface area contributed by atoms with E-state index in [9.17, 15) is 4.79 Å². The second-order valence-corrected chi connectivity index (χ2v) is 10.5. The number of piperidine rings is 1. The standard InChI is InChI=1S/C27H30N8O2/c1-27(2,3)37-26(36)32-10-7-21(8-11-32)34-17-20(14-30-34)19-12-24-23(28-13-19)16-31-35(24)18-22-15-29-25-6-4-5-9-33(22)25/h4-6,9,12-17,21H,7-8,10-11,18H2,1-3H3. The van der Waals surface area contributed by atoms with E-state index in [1.807, 2.05) is 73.1 Å². The molecule has 0 atom stereocenters. The number of aromatic nitrogens is 7. The van der Waals surface area contributed by atoms with Gasteiger partial charge in [-0.1, -0.05) is 6.07 Å². The predicted octanol–water partition coefficient (Wildman–Crippen LogP) is 4.56. The van der Waals surface area contributed by atoms with E-state index in [1.54, 1.807) is 11.1 Å². The monoisotopic (exact) mass is 498 g/mol. The molecule has 1 fully saturated rings. The van der Waals surface area contributed by atoms with Crippen molar-refractivity contribution in [1.82, 2.24) is 38.8 Å². The van der Waals surface area contributed by atoms with Gasteiger partial charge in [0.15, 0.2) is 0 Å². The minimum absolute atomic E-state index is 0.241. The van der Waals surface area contributed by atoms with Crippen molar-refractivity contribution >= 4 is 22.8 Å². The van der Waals surface area contributed by atoms with E-state index in [1.165, 1.54) is 0 Å². The van der Waals surface area contributed by atoms with Gasteiger partial charge in [0.2, 0.25) is 0 Å². The average Bonchev–Trinajstić information content (AvgIpc) is 3.62. The quantitative estimate of drug-likeness (QED) is 0.360. The van der Waals surface area contributed by atoms with Crippen molar-refractivity contribution in [1.29, 1.82) is 0 Å². The molecule has 0 bridgehead atoms. The molecular formula is C27H30N8O2. The molecule has 0 aromatic carbocycles. The van der Waals surface area contributed by atoms with Crippen LogP contribution in [0.25, 0.3) is 27.8 Å². The molecule has 1 amide bonds. The second kappa shape index (κ2) is 9.02. The van der Waals surface area contributed by atoms with Crippen LogP contribution in [0.15, 0.2) is 61.4 Å². The molecular weight excluding hydrogens is 468 g/mol. The maximum absolute atomic E-state index is 12.4. The van der Waals surface area contributed by atoms with Crippen molar-refractivity contribution in [3.63, 3.8) is 0 Å². The number of carbonyl (C=O) groups excluding carboxylic acids is 1. The van der Waals surface area contributed by atoms with E-state index in [-0.39, 0.29) is 12.1 Å². The molecule has 5 aromatic heterocycles. The van der Waals surface area contributed by atoms with Crippen LogP contribution in [-0.4, -0.2) is 63.6 Å². The smallest absolute Gasteiger partial charge is 0.410 e. The Morgan fingerprint density at radius 1 is 1.03 bits per heavy atom. The fraction of sp³-hybridized carbons (Fsp3) is 0.370. The molecule has 0 aliphatic carbocycles. The Bertz CT molecular complexity index is 1570. The summed E-state index contributed by atoms with van der Waals surface area (Å²) in [6.07, 6.45) is 13.0. The van der Waals surface area contributed by atoms with E-state index < -0.39 is 5.60 Å². The summed E-state index contributed by atoms with van der Waals surface area (Å²) in [6, 6.07) is 8.33. The predicted molar refractivity (Wildman–Crippen MR) is 139 cm³/mol. The molecule has 0 radical (unpaired) electrons. The third kappa shape index (κ3) is 4.66. The van der Waals surface area contributed by atoms with E-state index in [0.717, 1.165) is 46.3 Å². The Labute approximate surface area is 214 Å². The van der Waals surface area contributed by atoms with Gasteiger partial charge in [0.05, 0.1) is 42.4 Å². The van der Waals surface area contributed by atoms with Crippen LogP contribution in [0.5, 0.6) is 0 Å². The van der Waals surface area contributed by atoms with Crippen molar-refractivity contribution in [3.05, 3.63) is 67.1 Å². The number of imidazole rings is 1. The van der Waals surface area contributed by atoms with Crippen LogP contribution in [0.3, 0.4) is 0 Å². The first-order valence-corrected chi connectivity index (χ1v) is 12.6. The lowest BCUT2D eigenvalue weighted by atomic mass is 10.1. The Morgan fingerprint density at radius 2 is 1.86 bits per heavy atom. The number of hydrogen-bond acceptors (Lipinski definition) is 6. The van der Waals surface area contributed by atoms with Gasteiger partial charge in [-0.2, -0.15) is 10.2 Å². The van der Waals surface area contributed by atoms with E-state index >= 15 is 0 Å². The van der Waals surface area contributed by atoms with Crippen molar-refractivity contribution in [2.24, 2.45) is 0 Å². The maximum atomic E-state index is 12.4. The molecule has 5 aromatic rings. The van der Waals surface area contributed by atoms with Crippen molar-refractivity contribution < 1.29 is 9.53 Å². The lowest BCUT2D eigenvalue weighted by Gasteiger charge is -2.33. The molecule has 0 N–H and O–H groups in total. The minimum Gasteiger partial charge on any atom is -0.444 e. The number of ether oxygens (including phenoxy) is 1. The molecule has 0 unspecified atom stereocenters. The summed E-state index contributed by atoms with van der Waals surface area (Å²) in [6.45, 7) is 7.58. The lowest BCUT2D eigenvalue weighted by molar-refractivity contribution is 0.0185. The molecule has 0 spiro atoms. The highest BCUT2D eigenvalue weighted by Gasteiger charge is 2.28. The number of pyridine rings is 2. The second-order valence-electron chi connectivity index (χ2n) is 10.5. The fourth-order valence-electron chi connectivity index (χ4n) is 4.82. The third-order valence-corrected chi connectivity index (χ3v) is 6.73. The fourth-order valence-corrected chi connectivity index (χ4v) is 4.82. The summed E-state index contributed by atoms with van der Waals surface area (Å²) >= 11 is 0. The molecule has 10 nitrogen and oxygen atoms in total. The number of likely N-dealkylation sites (tertiary alicyclic amines) is 1. The molecule has 37 heavy (non-hydrogen) atoms. The van der Waals surface area contributed by atoms with Gasteiger partial charge in [0, 0.05) is 42.8 Å². The number of carbonyl (C=O) groups is 1. The summed E-state index contributed by atoms with van der Waals surface area (Å²) < 4.78 is 11.6. The van der Waals surface area contributed by atoms with E-state index in [4.69, 9.17) is 4.74 Å². The summed E-state index contributed by atoms with van der Waals surface area (Å²) in [5.74, 6) is 0. The summed E-state index contributed by atoms with van der Waals surface area (Å²) in [5, 5.41) is 9.23. The van der Waals surface area contributed by atoms with Crippen molar-refractivity contribution in [2.75, 3.05) is 13.1 Å². The van der Waals surface area contributed by atoms with Crippen LogP contribution in [0.4, 0.5) is 4.79 Å². The Balaban J connectivity index is 1.18. The van der Waals surface area contributed by atoms with Gasteiger partial charge in [-0.05, 0) is 51.8 Å². The topological polar surface area (TPSA) is 95.4 Å². The molecule has 190 valence electrons. The number of hydrogen-bond donors (Lipinski definition) is 0. The molecule has 0 saturated carbocycles. The lowest BCUT2D eigenvalue weighted by Crippen LogP contribution is -2.42. The van der Waals surface area contributed by atoms with Crippen LogP contribution in [-0.2, 0) is 11.3 Å². The summed E-state index contributed by atoms with van der Waals surface area (Å²) in [5.41, 5.74) is 5.29. The maximum Gasteiger partial charge on any atom is 0.410 e. The molecule has 6 rings (SSSR count). The highest BCUT2D eigenvalue weighted by Crippen LogP contribution is 2.27. The summed E-state index contributed by atoms with van der Waals surface area (Å²) in [7, 11) is 0. The number of amides is 1. The SMILES string of the molecule is CC(C)(C)OC(=O)N1CCC(n2cc(-c3cnc4cnn(Cc5cnc6ccccn56)c4c3)cn2)CC1. The summed E-state index contributed by atoms with van der Waals surface area (Å²) in [4.78, 5) is 23.3. The molecule has 1 aliphatic heterocycles. The molecule has 1 saturated heterocycles. The van der Waals surface area contributed by atoms with Gasteiger partial charge in [-0.25, -0.2) is 9.78 Å². The highest BCUT2D eigenvalue weighted by atomic mass is 16.6. The van der Waals surface area contributed by atoms with Gasteiger partial charge in [-0.3, -0.25) is 14.3 Å². The first-order chi connectivity index (χ1) is 17.8. The van der Waals surface area contributed by atoms with Gasteiger partial charge in [-0.15, -0.1) is 0 Å². The number of nitrogens with zero attached hydrogens (tertiary/aromatic N) is 8. The van der Waals surface area contributed by atoms with Crippen LogP contribution in [0.1, 0.15) is 45.3 Å². The zero-order valence-electron chi connectivity index (χ0n) is 21.3. The van der Waals surface area contributed by atoms with Gasteiger partial charge >= 0.3 is 6.09 Å². The molecule has 6 heterocycles. The Hall–Kier alpha value is -4.21. The van der Waals surface area contributed by atoms with Crippen molar-refractivity contribution in [3.8, 4) is 11.1 Å². The van der Waals surface area contributed by atoms with E-state index in [0.29, 0.717) is 19.6 Å². The van der Waals surface area contributed by atoms with Crippen LogP contribution in [0.2, 0.25) is 0 Å². The first-order valence-electron chi connectivity index (χ1n) is 12.6. The van der Waals surface area contributed by atoms with Crippen LogP contribution >= 0.6 is 0 Å². The third-order valence-electron chi connectivity index (χ3n) is 6.73.